The molecular weight excluding hydrogens is 282 g/mol. The van der Waals surface area contributed by atoms with Gasteiger partial charge in [0.2, 0.25) is 0 Å². The molecule has 1 amide bonds. The van der Waals surface area contributed by atoms with Gasteiger partial charge in [0.1, 0.15) is 5.69 Å². The fraction of sp³-hybridized carbons (Fsp3) is 0.583. The van der Waals surface area contributed by atoms with Gasteiger partial charge in [-0.25, -0.2) is 0 Å². The van der Waals surface area contributed by atoms with Gasteiger partial charge in [0, 0.05) is 23.8 Å². The second kappa shape index (κ2) is 5.69. The number of H-pyrrole nitrogens is 1. The third-order valence-corrected chi connectivity index (χ3v) is 2.82. The predicted octanol–water partition coefficient (Wildman–Crippen LogP) is 2.09. The van der Waals surface area contributed by atoms with Crippen molar-refractivity contribution < 1.29 is 4.79 Å². The van der Waals surface area contributed by atoms with Crippen molar-refractivity contribution in [2.24, 2.45) is 5.41 Å². The molecule has 0 atom stereocenters. The molecule has 0 saturated heterocycles. The smallest absolute Gasteiger partial charge is 0.267 e. The lowest BCUT2D eigenvalue weighted by Crippen LogP contribution is -2.40. The number of amides is 1. The molecule has 5 heteroatoms. The van der Waals surface area contributed by atoms with Gasteiger partial charge in [-0.15, -0.1) is 0 Å². The topological polar surface area (TPSA) is 48.1 Å². The largest absolute Gasteiger partial charge is 0.356 e. The van der Waals surface area contributed by atoms with Crippen LogP contribution in [0.4, 0.5) is 0 Å². The lowest BCUT2D eigenvalue weighted by molar-refractivity contribution is 0.0925. The standard InChI is InChI=1S/C12H20BrN3O/c1-12(2,8-16(3)4)7-15-11(17)10-5-9(13)6-14-10/h5-6,14H,7-8H2,1-4H3,(H,15,17). The number of nitrogens with zero attached hydrogens (tertiary/aromatic N) is 1. The highest BCUT2D eigenvalue weighted by Crippen LogP contribution is 2.15. The van der Waals surface area contributed by atoms with Gasteiger partial charge >= 0.3 is 0 Å². The second-order valence-electron chi connectivity index (χ2n) is 5.32. The van der Waals surface area contributed by atoms with Crippen LogP contribution in [0.2, 0.25) is 0 Å². The highest BCUT2D eigenvalue weighted by Gasteiger charge is 2.20. The molecular formula is C12H20BrN3O. The molecule has 0 unspecified atom stereocenters. The molecule has 2 N–H and O–H groups in total. The van der Waals surface area contributed by atoms with Crippen LogP contribution < -0.4 is 5.32 Å². The summed E-state index contributed by atoms with van der Waals surface area (Å²) in [6.45, 7) is 5.86. The highest BCUT2D eigenvalue weighted by atomic mass is 79.9. The molecule has 0 spiro atoms. The van der Waals surface area contributed by atoms with E-state index in [0.29, 0.717) is 12.2 Å². The van der Waals surface area contributed by atoms with Crippen LogP contribution in [0.5, 0.6) is 0 Å². The Morgan fingerprint density at radius 1 is 1.53 bits per heavy atom. The fourth-order valence-electron chi connectivity index (χ4n) is 1.83. The normalized spacial score (nSPS) is 11.9. The van der Waals surface area contributed by atoms with Gasteiger partial charge < -0.3 is 15.2 Å². The van der Waals surface area contributed by atoms with Crippen molar-refractivity contribution in [2.45, 2.75) is 13.8 Å². The molecule has 1 rings (SSSR count). The Hall–Kier alpha value is -0.810. The van der Waals surface area contributed by atoms with E-state index < -0.39 is 0 Å². The van der Waals surface area contributed by atoms with Crippen LogP contribution in [-0.2, 0) is 0 Å². The highest BCUT2D eigenvalue weighted by molar-refractivity contribution is 9.10. The molecule has 0 aliphatic rings. The van der Waals surface area contributed by atoms with Crippen LogP contribution in [0.3, 0.4) is 0 Å². The molecule has 0 bridgehead atoms. The molecule has 1 aromatic heterocycles. The van der Waals surface area contributed by atoms with Crippen LogP contribution in [0.15, 0.2) is 16.7 Å². The van der Waals surface area contributed by atoms with Crippen molar-refractivity contribution in [3.63, 3.8) is 0 Å². The first-order valence-electron chi connectivity index (χ1n) is 5.57. The van der Waals surface area contributed by atoms with Crippen molar-refractivity contribution in [3.8, 4) is 0 Å². The number of halogens is 1. The average molecular weight is 302 g/mol. The number of aromatic nitrogens is 1. The zero-order valence-corrected chi connectivity index (χ0v) is 12.4. The zero-order chi connectivity index (χ0) is 13.1. The second-order valence-corrected chi connectivity index (χ2v) is 6.23. The maximum Gasteiger partial charge on any atom is 0.267 e. The van der Waals surface area contributed by atoms with Crippen molar-refractivity contribution >= 4 is 21.8 Å². The van der Waals surface area contributed by atoms with Crippen LogP contribution in [-0.4, -0.2) is 43.0 Å². The molecule has 0 aliphatic heterocycles. The molecule has 17 heavy (non-hydrogen) atoms. The number of hydrogen-bond donors (Lipinski definition) is 2. The van der Waals surface area contributed by atoms with Gasteiger partial charge in [0.05, 0.1) is 0 Å². The van der Waals surface area contributed by atoms with Gasteiger partial charge in [0.15, 0.2) is 0 Å². The SMILES string of the molecule is CN(C)CC(C)(C)CNC(=O)c1cc(Br)c[nH]1. The first-order valence-corrected chi connectivity index (χ1v) is 6.36. The predicted molar refractivity (Wildman–Crippen MR) is 73.2 cm³/mol. The number of carbonyl (C=O) groups excluding carboxylic acids is 1. The van der Waals surface area contributed by atoms with E-state index in [1.807, 2.05) is 14.1 Å². The summed E-state index contributed by atoms with van der Waals surface area (Å²) < 4.78 is 0.884. The van der Waals surface area contributed by atoms with E-state index in [-0.39, 0.29) is 11.3 Å². The fourth-order valence-corrected chi connectivity index (χ4v) is 2.17. The van der Waals surface area contributed by atoms with Gasteiger partial charge in [0.25, 0.3) is 5.91 Å². The van der Waals surface area contributed by atoms with Crippen molar-refractivity contribution in [1.82, 2.24) is 15.2 Å². The van der Waals surface area contributed by atoms with Crippen LogP contribution in [0.1, 0.15) is 24.3 Å². The molecule has 0 saturated carbocycles. The van der Waals surface area contributed by atoms with Crippen molar-refractivity contribution in [2.75, 3.05) is 27.2 Å². The van der Waals surface area contributed by atoms with E-state index in [1.54, 1.807) is 12.3 Å². The Balaban J connectivity index is 2.48. The summed E-state index contributed by atoms with van der Waals surface area (Å²) in [4.78, 5) is 16.8. The summed E-state index contributed by atoms with van der Waals surface area (Å²) in [5.41, 5.74) is 0.640. The van der Waals surface area contributed by atoms with E-state index in [2.05, 4.69) is 45.0 Å². The summed E-state index contributed by atoms with van der Waals surface area (Å²) in [6, 6.07) is 1.77. The lowest BCUT2D eigenvalue weighted by Gasteiger charge is -2.28. The number of rotatable bonds is 5. The summed E-state index contributed by atoms with van der Waals surface area (Å²) in [7, 11) is 4.07. The summed E-state index contributed by atoms with van der Waals surface area (Å²) in [6.07, 6.45) is 1.75. The van der Waals surface area contributed by atoms with Gasteiger partial charge in [-0.3, -0.25) is 4.79 Å². The third-order valence-electron chi connectivity index (χ3n) is 2.36. The summed E-state index contributed by atoms with van der Waals surface area (Å²) in [5, 5.41) is 2.94. The van der Waals surface area contributed by atoms with E-state index in [9.17, 15) is 4.79 Å². The molecule has 1 aromatic rings. The first-order chi connectivity index (χ1) is 7.80. The third kappa shape index (κ3) is 4.91. The van der Waals surface area contributed by atoms with Crippen LogP contribution in [0.25, 0.3) is 0 Å². The zero-order valence-electron chi connectivity index (χ0n) is 10.8. The minimum Gasteiger partial charge on any atom is -0.356 e. The van der Waals surface area contributed by atoms with Gasteiger partial charge in [-0.05, 0) is 41.5 Å². The molecule has 96 valence electrons. The van der Waals surface area contributed by atoms with Crippen LogP contribution >= 0.6 is 15.9 Å². The number of aromatic amines is 1. The maximum atomic E-state index is 11.8. The Bertz CT molecular complexity index is 385. The van der Waals surface area contributed by atoms with Gasteiger partial charge in [-0.1, -0.05) is 13.8 Å². The van der Waals surface area contributed by atoms with Crippen LogP contribution in [0, 0.1) is 5.41 Å². The number of hydrogen-bond acceptors (Lipinski definition) is 2. The summed E-state index contributed by atoms with van der Waals surface area (Å²) in [5.74, 6) is -0.0671. The van der Waals surface area contributed by atoms with E-state index in [4.69, 9.17) is 0 Å². The van der Waals surface area contributed by atoms with Crippen molar-refractivity contribution in [1.29, 1.82) is 0 Å². The Labute approximate surface area is 111 Å². The number of carbonyl (C=O) groups is 1. The number of nitrogens with one attached hydrogen (secondary N) is 2. The van der Waals surface area contributed by atoms with Gasteiger partial charge in [-0.2, -0.15) is 0 Å². The molecule has 4 nitrogen and oxygen atoms in total. The Morgan fingerprint density at radius 2 is 2.18 bits per heavy atom. The van der Waals surface area contributed by atoms with Crippen molar-refractivity contribution in [3.05, 3.63) is 22.4 Å². The Morgan fingerprint density at radius 3 is 2.65 bits per heavy atom. The molecule has 0 aliphatic carbocycles. The van der Waals surface area contributed by atoms with E-state index >= 15 is 0 Å². The van der Waals surface area contributed by atoms with E-state index in [0.717, 1.165) is 11.0 Å². The summed E-state index contributed by atoms with van der Waals surface area (Å²) >= 11 is 3.31. The van der Waals surface area contributed by atoms with E-state index in [1.165, 1.54) is 0 Å². The monoisotopic (exact) mass is 301 g/mol. The quantitative estimate of drug-likeness (QED) is 0.875. The minimum atomic E-state index is -0.0671. The maximum absolute atomic E-state index is 11.8. The molecule has 0 fully saturated rings. The molecule has 0 aromatic carbocycles. The lowest BCUT2D eigenvalue weighted by atomic mass is 9.93. The minimum absolute atomic E-state index is 0.0585. The Kier molecular flexibility index (Phi) is 4.77. The first kappa shape index (κ1) is 14.3. The molecule has 1 heterocycles. The average Bonchev–Trinajstić information content (AvgIpc) is 2.59. The molecule has 0 radical (unpaired) electrons.